The van der Waals surface area contributed by atoms with Gasteiger partial charge in [-0.2, -0.15) is 4.98 Å². The van der Waals surface area contributed by atoms with Crippen LogP contribution in [0.4, 0.5) is 11.8 Å². The lowest BCUT2D eigenvalue weighted by molar-refractivity contribution is 0.545. The van der Waals surface area contributed by atoms with Gasteiger partial charge in [-0.3, -0.25) is 0 Å². The number of nitrogens with one attached hydrogen (secondary N) is 2. The molecular weight excluding hydrogens is 188 g/mol. The van der Waals surface area contributed by atoms with Crippen molar-refractivity contribution in [2.24, 2.45) is 0 Å². The van der Waals surface area contributed by atoms with Crippen molar-refractivity contribution in [2.75, 3.05) is 17.7 Å². The maximum atomic E-state index is 4.35. The van der Waals surface area contributed by atoms with E-state index in [9.17, 15) is 0 Å². The number of aromatic nitrogens is 2. The lowest BCUT2D eigenvalue weighted by Crippen LogP contribution is -2.30. The fourth-order valence-electron chi connectivity index (χ4n) is 1.18. The van der Waals surface area contributed by atoms with Crippen LogP contribution in [0.3, 0.4) is 0 Å². The van der Waals surface area contributed by atoms with Gasteiger partial charge in [-0.15, -0.1) is 0 Å². The highest BCUT2D eigenvalue weighted by Crippen LogP contribution is 2.17. The summed E-state index contributed by atoms with van der Waals surface area (Å²) in [5, 5.41) is 6.34. The molecule has 0 aliphatic heterocycles. The third-order valence-electron chi connectivity index (χ3n) is 2.43. The molecule has 84 valence electrons. The van der Waals surface area contributed by atoms with Gasteiger partial charge in [0.1, 0.15) is 5.82 Å². The summed E-state index contributed by atoms with van der Waals surface area (Å²) in [7, 11) is 1.82. The molecule has 1 heterocycles. The highest BCUT2D eigenvalue weighted by atomic mass is 15.1. The van der Waals surface area contributed by atoms with Crippen molar-refractivity contribution in [3.05, 3.63) is 11.8 Å². The Morgan fingerprint density at radius 2 is 2.00 bits per heavy atom. The van der Waals surface area contributed by atoms with Crippen LogP contribution < -0.4 is 10.6 Å². The molecule has 15 heavy (non-hydrogen) atoms. The smallest absolute Gasteiger partial charge is 0.224 e. The molecule has 1 rings (SSSR count). The second kappa shape index (κ2) is 4.47. The number of hydrogen-bond acceptors (Lipinski definition) is 4. The molecule has 0 saturated heterocycles. The van der Waals surface area contributed by atoms with E-state index in [1.807, 2.05) is 20.0 Å². The molecule has 0 atom stereocenters. The number of anilines is 2. The molecule has 0 aliphatic carbocycles. The molecule has 4 nitrogen and oxygen atoms in total. The topological polar surface area (TPSA) is 49.8 Å². The van der Waals surface area contributed by atoms with E-state index in [4.69, 9.17) is 0 Å². The molecule has 1 aromatic heterocycles. The van der Waals surface area contributed by atoms with E-state index < -0.39 is 0 Å². The fraction of sp³-hybridized carbons (Fsp3) is 0.636. The van der Waals surface area contributed by atoms with Crippen molar-refractivity contribution in [3.8, 4) is 0 Å². The summed E-state index contributed by atoms with van der Waals surface area (Å²) >= 11 is 0. The molecule has 0 unspecified atom stereocenters. The van der Waals surface area contributed by atoms with E-state index >= 15 is 0 Å². The molecule has 1 aromatic rings. The second-order valence-corrected chi connectivity index (χ2v) is 4.33. The monoisotopic (exact) mass is 208 g/mol. The summed E-state index contributed by atoms with van der Waals surface area (Å²) < 4.78 is 0. The maximum absolute atomic E-state index is 4.35. The zero-order chi connectivity index (χ0) is 11.5. The molecule has 2 N–H and O–H groups in total. The van der Waals surface area contributed by atoms with Crippen LogP contribution in [0.25, 0.3) is 0 Å². The van der Waals surface area contributed by atoms with E-state index in [0.29, 0.717) is 5.95 Å². The second-order valence-electron chi connectivity index (χ2n) is 4.33. The lowest BCUT2D eigenvalue weighted by atomic mass is 10.0. The van der Waals surface area contributed by atoms with Crippen molar-refractivity contribution in [1.82, 2.24) is 9.97 Å². The van der Waals surface area contributed by atoms with Crippen LogP contribution in [0, 0.1) is 6.92 Å². The minimum absolute atomic E-state index is 0.0613. The van der Waals surface area contributed by atoms with Crippen LogP contribution >= 0.6 is 0 Å². The Labute approximate surface area is 91.5 Å². The fourth-order valence-corrected chi connectivity index (χ4v) is 1.18. The van der Waals surface area contributed by atoms with Crippen molar-refractivity contribution in [2.45, 2.75) is 39.7 Å². The van der Waals surface area contributed by atoms with Crippen molar-refractivity contribution in [1.29, 1.82) is 0 Å². The highest BCUT2D eigenvalue weighted by Gasteiger charge is 2.15. The summed E-state index contributed by atoms with van der Waals surface area (Å²) in [5.41, 5.74) is 1.02. The number of aryl methyl sites for hydroxylation is 1. The zero-order valence-corrected chi connectivity index (χ0v) is 10.2. The van der Waals surface area contributed by atoms with Gasteiger partial charge in [0.2, 0.25) is 5.95 Å². The summed E-state index contributed by atoms with van der Waals surface area (Å²) in [5.74, 6) is 1.53. The van der Waals surface area contributed by atoms with Crippen LogP contribution in [0.2, 0.25) is 0 Å². The SMILES string of the molecule is CCC(C)(C)Nc1cc(C)nc(NC)n1. The predicted molar refractivity (Wildman–Crippen MR) is 64.3 cm³/mol. The van der Waals surface area contributed by atoms with E-state index in [0.717, 1.165) is 17.9 Å². The van der Waals surface area contributed by atoms with Crippen LogP contribution in [0.5, 0.6) is 0 Å². The highest BCUT2D eigenvalue weighted by molar-refractivity contribution is 5.43. The third kappa shape index (κ3) is 3.38. The lowest BCUT2D eigenvalue weighted by Gasteiger charge is -2.25. The molecule has 0 aliphatic rings. The van der Waals surface area contributed by atoms with Crippen molar-refractivity contribution < 1.29 is 0 Å². The predicted octanol–water partition coefficient (Wildman–Crippen LogP) is 2.43. The van der Waals surface area contributed by atoms with Gasteiger partial charge in [0.05, 0.1) is 0 Å². The number of hydrogen-bond donors (Lipinski definition) is 2. The first-order chi connectivity index (χ1) is 6.96. The summed E-state index contributed by atoms with van der Waals surface area (Å²) in [4.78, 5) is 8.60. The van der Waals surface area contributed by atoms with Crippen LogP contribution in [-0.2, 0) is 0 Å². The average Bonchev–Trinajstić information content (AvgIpc) is 2.16. The molecule has 4 heteroatoms. The molecule has 0 aromatic carbocycles. The first-order valence-corrected chi connectivity index (χ1v) is 5.28. The van der Waals surface area contributed by atoms with E-state index in [1.165, 1.54) is 0 Å². The van der Waals surface area contributed by atoms with Gasteiger partial charge < -0.3 is 10.6 Å². The van der Waals surface area contributed by atoms with Gasteiger partial charge in [0, 0.05) is 24.3 Å². The van der Waals surface area contributed by atoms with Gasteiger partial charge in [0.15, 0.2) is 0 Å². The Kier molecular flexibility index (Phi) is 3.50. The number of nitrogens with zero attached hydrogens (tertiary/aromatic N) is 2. The van der Waals surface area contributed by atoms with Crippen LogP contribution in [0.1, 0.15) is 32.9 Å². The normalized spacial score (nSPS) is 11.3. The minimum Gasteiger partial charge on any atom is -0.365 e. The zero-order valence-electron chi connectivity index (χ0n) is 10.2. The Bertz CT molecular complexity index is 333. The molecule has 0 amide bonds. The average molecular weight is 208 g/mol. The van der Waals surface area contributed by atoms with E-state index in [-0.39, 0.29) is 5.54 Å². The standard InChI is InChI=1S/C11H20N4/c1-6-11(3,4)15-9-7-8(2)13-10(12-5)14-9/h7H,6H2,1-5H3,(H2,12,13,14,15). The molecule has 0 bridgehead atoms. The van der Waals surface area contributed by atoms with Crippen molar-refractivity contribution in [3.63, 3.8) is 0 Å². The summed E-state index contributed by atoms with van der Waals surface area (Å²) in [6.07, 6.45) is 1.05. The quantitative estimate of drug-likeness (QED) is 0.798. The van der Waals surface area contributed by atoms with Crippen LogP contribution in [-0.4, -0.2) is 22.6 Å². The Balaban J connectivity index is 2.90. The van der Waals surface area contributed by atoms with Gasteiger partial charge >= 0.3 is 0 Å². The van der Waals surface area contributed by atoms with E-state index in [1.54, 1.807) is 0 Å². The molecule has 0 saturated carbocycles. The number of rotatable bonds is 4. The molecule has 0 fully saturated rings. The Hall–Kier alpha value is -1.32. The summed E-state index contributed by atoms with van der Waals surface area (Å²) in [6, 6.07) is 1.96. The maximum Gasteiger partial charge on any atom is 0.224 e. The summed E-state index contributed by atoms with van der Waals surface area (Å²) in [6.45, 7) is 8.43. The Morgan fingerprint density at radius 1 is 1.33 bits per heavy atom. The van der Waals surface area contributed by atoms with Gasteiger partial charge in [-0.1, -0.05) is 6.92 Å². The first-order valence-electron chi connectivity index (χ1n) is 5.28. The Morgan fingerprint density at radius 3 is 2.53 bits per heavy atom. The van der Waals surface area contributed by atoms with Crippen LogP contribution in [0.15, 0.2) is 6.07 Å². The largest absolute Gasteiger partial charge is 0.365 e. The molecule has 0 spiro atoms. The van der Waals surface area contributed by atoms with Crippen molar-refractivity contribution >= 4 is 11.8 Å². The van der Waals surface area contributed by atoms with Gasteiger partial charge in [-0.25, -0.2) is 4.98 Å². The molecular formula is C11H20N4. The molecule has 0 radical (unpaired) electrons. The van der Waals surface area contributed by atoms with Gasteiger partial charge in [0.25, 0.3) is 0 Å². The van der Waals surface area contributed by atoms with Gasteiger partial charge in [-0.05, 0) is 27.2 Å². The van der Waals surface area contributed by atoms with E-state index in [2.05, 4.69) is 41.4 Å². The first kappa shape index (κ1) is 11.8. The minimum atomic E-state index is 0.0613. The third-order valence-corrected chi connectivity index (χ3v) is 2.43.